The van der Waals surface area contributed by atoms with Crippen LogP contribution >= 0.6 is 0 Å². The summed E-state index contributed by atoms with van der Waals surface area (Å²) < 4.78 is 0. The Bertz CT molecular complexity index is 573. The van der Waals surface area contributed by atoms with Crippen LogP contribution in [0.25, 0.3) is 0 Å². The third-order valence-electron chi connectivity index (χ3n) is 3.62. The third-order valence-corrected chi connectivity index (χ3v) is 3.62. The zero-order valence-corrected chi connectivity index (χ0v) is 11.7. The first-order valence-electron chi connectivity index (χ1n) is 6.87. The second-order valence-corrected chi connectivity index (χ2v) is 5.03. The van der Waals surface area contributed by atoms with E-state index in [4.69, 9.17) is 5.73 Å². The standard InChI is InChI=1S/C15H19N5/c1-12-17-7-6-15(18-12)20-10-8-19(9-11-20)14-4-2-13(16)3-5-14/h2-7H,8-11,16H2,1H3. The van der Waals surface area contributed by atoms with E-state index in [2.05, 4.69) is 31.9 Å². The first-order chi connectivity index (χ1) is 9.72. The number of benzene rings is 1. The van der Waals surface area contributed by atoms with E-state index in [9.17, 15) is 0 Å². The Balaban J connectivity index is 1.66. The molecule has 0 amide bonds. The summed E-state index contributed by atoms with van der Waals surface area (Å²) in [4.78, 5) is 13.3. The molecule has 2 N–H and O–H groups in total. The van der Waals surface area contributed by atoms with Crippen molar-refractivity contribution in [3.05, 3.63) is 42.4 Å². The number of piperazine rings is 1. The minimum atomic E-state index is 0.809. The zero-order valence-electron chi connectivity index (χ0n) is 11.7. The van der Waals surface area contributed by atoms with E-state index >= 15 is 0 Å². The van der Waals surface area contributed by atoms with Gasteiger partial charge in [-0.15, -0.1) is 0 Å². The van der Waals surface area contributed by atoms with Gasteiger partial charge in [0.05, 0.1) is 0 Å². The van der Waals surface area contributed by atoms with Crippen LogP contribution in [0, 0.1) is 6.92 Å². The van der Waals surface area contributed by atoms with Gasteiger partial charge >= 0.3 is 0 Å². The summed E-state index contributed by atoms with van der Waals surface area (Å²) in [5, 5.41) is 0. The Kier molecular flexibility index (Phi) is 3.41. The van der Waals surface area contributed by atoms with Crippen LogP contribution in [0.4, 0.5) is 17.2 Å². The van der Waals surface area contributed by atoms with Gasteiger partial charge in [0.25, 0.3) is 0 Å². The lowest BCUT2D eigenvalue weighted by atomic mass is 10.2. The van der Waals surface area contributed by atoms with Crippen LogP contribution in [0.2, 0.25) is 0 Å². The molecule has 104 valence electrons. The summed E-state index contributed by atoms with van der Waals surface area (Å²) in [6.45, 7) is 5.86. The number of anilines is 3. The van der Waals surface area contributed by atoms with Crippen LogP contribution in [0.3, 0.4) is 0 Å². The van der Waals surface area contributed by atoms with Crippen molar-refractivity contribution in [2.75, 3.05) is 41.7 Å². The lowest BCUT2D eigenvalue weighted by Crippen LogP contribution is -2.46. The van der Waals surface area contributed by atoms with Gasteiger partial charge in [-0.2, -0.15) is 0 Å². The molecule has 1 aliphatic rings. The van der Waals surface area contributed by atoms with Gasteiger partial charge in [-0.3, -0.25) is 0 Å². The average molecular weight is 269 g/mol. The minimum absolute atomic E-state index is 0.809. The third kappa shape index (κ3) is 2.66. The Morgan fingerprint density at radius 1 is 0.950 bits per heavy atom. The van der Waals surface area contributed by atoms with Crippen molar-refractivity contribution in [1.29, 1.82) is 0 Å². The molecule has 0 bridgehead atoms. The van der Waals surface area contributed by atoms with Crippen molar-refractivity contribution in [3.63, 3.8) is 0 Å². The van der Waals surface area contributed by atoms with Crippen LogP contribution < -0.4 is 15.5 Å². The van der Waals surface area contributed by atoms with Gasteiger partial charge in [-0.1, -0.05) is 0 Å². The van der Waals surface area contributed by atoms with Crippen LogP contribution in [0.1, 0.15) is 5.82 Å². The van der Waals surface area contributed by atoms with E-state index in [1.165, 1.54) is 5.69 Å². The maximum atomic E-state index is 5.73. The van der Waals surface area contributed by atoms with E-state index in [1.54, 1.807) is 0 Å². The molecule has 1 fully saturated rings. The van der Waals surface area contributed by atoms with Gasteiger partial charge < -0.3 is 15.5 Å². The Morgan fingerprint density at radius 3 is 2.25 bits per heavy atom. The zero-order chi connectivity index (χ0) is 13.9. The van der Waals surface area contributed by atoms with Crippen LogP contribution in [-0.4, -0.2) is 36.1 Å². The molecule has 3 rings (SSSR count). The predicted octanol–water partition coefficient (Wildman–Crippen LogP) is 1.69. The summed E-state index contributed by atoms with van der Waals surface area (Å²) in [7, 11) is 0. The maximum absolute atomic E-state index is 5.73. The number of hydrogen-bond donors (Lipinski definition) is 1. The molecule has 0 radical (unpaired) electrons. The molecule has 1 aliphatic heterocycles. The second-order valence-electron chi connectivity index (χ2n) is 5.03. The number of nitrogens with two attached hydrogens (primary N) is 1. The highest BCUT2D eigenvalue weighted by Crippen LogP contribution is 2.20. The summed E-state index contributed by atoms with van der Waals surface area (Å²) >= 11 is 0. The fourth-order valence-electron chi connectivity index (χ4n) is 2.50. The molecule has 1 aromatic carbocycles. The van der Waals surface area contributed by atoms with Gasteiger partial charge in [0.15, 0.2) is 0 Å². The first-order valence-corrected chi connectivity index (χ1v) is 6.87. The second kappa shape index (κ2) is 5.36. The molecule has 0 unspecified atom stereocenters. The predicted molar refractivity (Wildman–Crippen MR) is 82.0 cm³/mol. The van der Waals surface area contributed by atoms with E-state index in [-0.39, 0.29) is 0 Å². The van der Waals surface area contributed by atoms with E-state index in [0.717, 1.165) is 43.5 Å². The molecule has 0 spiro atoms. The van der Waals surface area contributed by atoms with E-state index in [0.29, 0.717) is 0 Å². The molecule has 5 nitrogen and oxygen atoms in total. The molecule has 0 atom stereocenters. The molecule has 0 aliphatic carbocycles. The molecule has 20 heavy (non-hydrogen) atoms. The SMILES string of the molecule is Cc1nccc(N2CCN(c3ccc(N)cc3)CC2)n1. The van der Waals surface area contributed by atoms with Crippen molar-refractivity contribution in [2.45, 2.75) is 6.92 Å². The Hall–Kier alpha value is -2.30. The number of hydrogen-bond acceptors (Lipinski definition) is 5. The number of nitrogens with zero attached hydrogens (tertiary/aromatic N) is 4. The Morgan fingerprint density at radius 2 is 1.60 bits per heavy atom. The molecule has 0 saturated carbocycles. The largest absolute Gasteiger partial charge is 0.399 e. The van der Waals surface area contributed by atoms with Crippen LogP contribution in [0.5, 0.6) is 0 Å². The molecule has 1 saturated heterocycles. The minimum Gasteiger partial charge on any atom is -0.399 e. The molecule has 2 heterocycles. The maximum Gasteiger partial charge on any atom is 0.132 e. The number of rotatable bonds is 2. The van der Waals surface area contributed by atoms with Gasteiger partial charge in [-0.05, 0) is 37.3 Å². The first kappa shape index (κ1) is 12.7. The summed E-state index contributed by atoms with van der Waals surface area (Å²) in [6.07, 6.45) is 1.82. The van der Waals surface area contributed by atoms with Crippen molar-refractivity contribution in [3.8, 4) is 0 Å². The lowest BCUT2D eigenvalue weighted by molar-refractivity contribution is 0.646. The number of nitrogen functional groups attached to an aromatic ring is 1. The van der Waals surface area contributed by atoms with Crippen LogP contribution in [0.15, 0.2) is 36.5 Å². The van der Waals surface area contributed by atoms with E-state index in [1.807, 2.05) is 31.3 Å². The molecule has 5 heteroatoms. The van der Waals surface area contributed by atoms with Gasteiger partial charge in [0, 0.05) is 43.8 Å². The Labute approximate surface area is 119 Å². The summed E-state index contributed by atoms with van der Waals surface area (Å²) in [6, 6.07) is 10.1. The molecular formula is C15H19N5. The number of aryl methyl sites for hydroxylation is 1. The normalized spacial score (nSPS) is 15.4. The summed E-state index contributed by atoms with van der Waals surface area (Å²) in [5.41, 5.74) is 7.77. The van der Waals surface area contributed by atoms with Crippen molar-refractivity contribution >= 4 is 17.2 Å². The fraction of sp³-hybridized carbons (Fsp3) is 0.333. The highest BCUT2D eigenvalue weighted by molar-refractivity contribution is 5.54. The number of aromatic nitrogens is 2. The fourth-order valence-corrected chi connectivity index (χ4v) is 2.50. The van der Waals surface area contributed by atoms with Crippen molar-refractivity contribution in [1.82, 2.24) is 9.97 Å². The van der Waals surface area contributed by atoms with E-state index < -0.39 is 0 Å². The molecule has 1 aromatic heterocycles. The van der Waals surface area contributed by atoms with Crippen molar-refractivity contribution in [2.24, 2.45) is 0 Å². The topological polar surface area (TPSA) is 58.3 Å². The summed E-state index contributed by atoms with van der Waals surface area (Å²) in [5.74, 6) is 1.85. The molecular weight excluding hydrogens is 250 g/mol. The highest BCUT2D eigenvalue weighted by atomic mass is 15.3. The van der Waals surface area contributed by atoms with Gasteiger partial charge in [0.1, 0.15) is 11.6 Å². The highest BCUT2D eigenvalue weighted by Gasteiger charge is 2.18. The van der Waals surface area contributed by atoms with Gasteiger partial charge in [-0.25, -0.2) is 9.97 Å². The quantitative estimate of drug-likeness (QED) is 0.841. The van der Waals surface area contributed by atoms with Crippen molar-refractivity contribution < 1.29 is 0 Å². The molecule has 2 aromatic rings. The van der Waals surface area contributed by atoms with Gasteiger partial charge in [0.2, 0.25) is 0 Å². The average Bonchev–Trinajstić information content (AvgIpc) is 2.48. The van der Waals surface area contributed by atoms with Crippen LogP contribution in [-0.2, 0) is 0 Å². The monoisotopic (exact) mass is 269 g/mol. The smallest absolute Gasteiger partial charge is 0.132 e. The lowest BCUT2D eigenvalue weighted by Gasteiger charge is -2.36.